The molecule has 4 rings (SSSR count). The number of piperidine rings is 1. The average molecular weight is 338 g/mol. The van der Waals surface area contributed by atoms with Crippen molar-refractivity contribution in [1.82, 2.24) is 14.9 Å². The third kappa shape index (κ3) is 2.40. The molecule has 1 aromatic heterocycles. The lowest BCUT2D eigenvalue weighted by atomic mass is 10.1. The number of imidazole rings is 1. The van der Waals surface area contributed by atoms with Crippen LogP contribution in [0.2, 0.25) is 0 Å². The Bertz CT molecular complexity index is 822. The zero-order valence-corrected chi connectivity index (χ0v) is 13.2. The molecular formula is C16H17F3N4O. The minimum Gasteiger partial charge on any atom is -0.348 e. The van der Waals surface area contributed by atoms with Crippen molar-refractivity contribution in [3.63, 3.8) is 0 Å². The summed E-state index contributed by atoms with van der Waals surface area (Å²) in [7, 11) is 0. The van der Waals surface area contributed by atoms with Gasteiger partial charge in [-0.25, -0.2) is 18.2 Å². The third-order valence-electron chi connectivity index (χ3n) is 4.64. The Morgan fingerprint density at radius 3 is 2.71 bits per heavy atom. The van der Waals surface area contributed by atoms with Crippen molar-refractivity contribution in [2.24, 2.45) is 0 Å². The molecule has 2 aromatic rings. The van der Waals surface area contributed by atoms with E-state index < -0.39 is 11.7 Å². The number of nitrogens with one attached hydrogen (secondary N) is 1. The number of carbonyl (C=O) groups excluding carboxylic acids is 1. The van der Waals surface area contributed by atoms with Gasteiger partial charge in [0, 0.05) is 44.6 Å². The number of halogens is 3. The van der Waals surface area contributed by atoms with Crippen molar-refractivity contribution in [2.45, 2.75) is 38.3 Å². The molecule has 3 heterocycles. The van der Waals surface area contributed by atoms with Gasteiger partial charge in [0.2, 0.25) is 5.95 Å². The summed E-state index contributed by atoms with van der Waals surface area (Å²) in [6, 6.07) is 2.30. The van der Waals surface area contributed by atoms with E-state index in [2.05, 4.69) is 10.3 Å². The van der Waals surface area contributed by atoms with Crippen molar-refractivity contribution in [3.8, 4) is 0 Å². The molecular weight excluding hydrogens is 321 g/mol. The minimum absolute atomic E-state index is 0.171. The second-order valence-corrected chi connectivity index (χ2v) is 6.56. The lowest BCUT2D eigenvalue weighted by Crippen LogP contribution is -2.41. The molecule has 1 atom stereocenters. The first-order valence-corrected chi connectivity index (χ1v) is 7.97. The van der Waals surface area contributed by atoms with Gasteiger partial charge in [-0.1, -0.05) is 0 Å². The van der Waals surface area contributed by atoms with Crippen molar-refractivity contribution >= 4 is 22.9 Å². The monoisotopic (exact) mass is 338 g/mol. The third-order valence-corrected chi connectivity index (χ3v) is 4.64. The van der Waals surface area contributed by atoms with Gasteiger partial charge in [-0.2, -0.15) is 0 Å². The van der Waals surface area contributed by atoms with Gasteiger partial charge in [0.1, 0.15) is 5.82 Å². The highest BCUT2D eigenvalue weighted by Crippen LogP contribution is 2.33. The quantitative estimate of drug-likeness (QED) is 0.869. The minimum atomic E-state index is -2.65. The fraction of sp³-hybridized carbons (Fsp3) is 0.500. The Balaban J connectivity index is 1.85. The largest absolute Gasteiger partial charge is 0.348 e. The van der Waals surface area contributed by atoms with Crippen LogP contribution in [0.4, 0.5) is 19.1 Å². The van der Waals surface area contributed by atoms with Crippen LogP contribution in [-0.2, 0) is 6.54 Å². The number of benzene rings is 1. The van der Waals surface area contributed by atoms with Crippen LogP contribution in [0, 0.1) is 5.82 Å². The second kappa shape index (κ2) is 5.12. The summed E-state index contributed by atoms with van der Waals surface area (Å²) in [5.41, 5.74) is 1.17. The predicted molar refractivity (Wildman–Crippen MR) is 83.0 cm³/mol. The van der Waals surface area contributed by atoms with Gasteiger partial charge >= 0.3 is 0 Å². The molecule has 8 heteroatoms. The summed E-state index contributed by atoms with van der Waals surface area (Å²) in [4.78, 5) is 18.5. The Morgan fingerprint density at radius 1 is 1.29 bits per heavy atom. The van der Waals surface area contributed by atoms with Gasteiger partial charge in [-0.05, 0) is 13.0 Å². The number of alkyl halides is 2. The van der Waals surface area contributed by atoms with Gasteiger partial charge in [0.25, 0.3) is 11.8 Å². The van der Waals surface area contributed by atoms with E-state index >= 15 is 0 Å². The highest BCUT2D eigenvalue weighted by atomic mass is 19.3. The van der Waals surface area contributed by atoms with E-state index in [0.29, 0.717) is 23.5 Å². The molecule has 0 aliphatic carbocycles. The highest BCUT2D eigenvalue weighted by molar-refractivity contribution is 6.06. The van der Waals surface area contributed by atoms with Crippen molar-refractivity contribution in [1.29, 1.82) is 0 Å². The van der Waals surface area contributed by atoms with Gasteiger partial charge < -0.3 is 14.8 Å². The number of nitrogens with zero attached hydrogens (tertiary/aromatic N) is 3. The number of carbonyl (C=O) groups is 1. The molecule has 1 aromatic carbocycles. The summed E-state index contributed by atoms with van der Waals surface area (Å²) >= 11 is 0. The first kappa shape index (κ1) is 15.3. The van der Waals surface area contributed by atoms with Gasteiger partial charge in [-0.15, -0.1) is 0 Å². The highest BCUT2D eigenvalue weighted by Gasteiger charge is 2.36. The maximum atomic E-state index is 13.9. The second-order valence-electron chi connectivity index (χ2n) is 6.56. The summed E-state index contributed by atoms with van der Waals surface area (Å²) in [6.45, 7) is 2.68. The SMILES string of the molecule is C[C@@H]1Cn2c(N3CCC(F)(F)CC3)nc3cc(F)cc(c32)C(=O)N1. The van der Waals surface area contributed by atoms with Crippen molar-refractivity contribution in [3.05, 3.63) is 23.5 Å². The fourth-order valence-corrected chi connectivity index (χ4v) is 3.46. The standard InChI is InChI=1S/C16H17F3N4O/c1-9-8-23-13-11(14(24)20-9)6-10(17)7-12(13)21-15(23)22-4-2-16(18,19)3-5-22/h6-7,9H,2-5,8H2,1H3,(H,20,24)/t9-/m1/s1. The molecule has 0 saturated carbocycles. The Kier molecular flexibility index (Phi) is 3.26. The van der Waals surface area contributed by atoms with Gasteiger partial charge in [0.05, 0.1) is 16.6 Å². The van der Waals surface area contributed by atoms with Gasteiger partial charge in [-0.3, -0.25) is 4.79 Å². The zero-order valence-electron chi connectivity index (χ0n) is 13.2. The molecule has 5 nitrogen and oxygen atoms in total. The molecule has 1 amide bonds. The van der Waals surface area contributed by atoms with E-state index in [0.717, 1.165) is 0 Å². The molecule has 0 unspecified atom stereocenters. The Morgan fingerprint density at radius 2 is 2.00 bits per heavy atom. The number of amides is 1. The normalized spacial score (nSPS) is 23.2. The van der Waals surface area contributed by atoms with Crippen LogP contribution in [0.1, 0.15) is 30.1 Å². The van der Waals surface area contributed by atoms with Crippen LogP contribution in [-0.4, -0.2) is 40.5 Å². The molecule has 1 N–H and O–H groups in total. The maximum absolute atomic E-state index is 13.9. The van der Waals surface area contributed by atoms with E-state index in [4.69, 9.17) is 0 Å². The van der Waals surface area contributed by atoms with Crippen molar-refractivity contribution < 1.29 is 18.0 Å². The van der Waals surface area contributed by atoms with E-state index in [1.54, 1.807) is 4.90 Å². The Labute approximate surface area is 136 Å². The first-order valence-electron chi connectivity index (χ1n) is 7.97. The number of rotatable bonds is 1. The Hall–Kier alpha value is -2.25. The smallest absolute Gasteiger partial charge is 0.253 e. The summed E-state index contributed by atoms with van der Waals surface area (Å²) in [5.74, 6) is -3.01. The van der Waals surface area contributed by atoms with E-state index in [9.17, 15) is 18.0 Å². The molecule has 24 heavy (non-hydrogen) atoms. The topological polar surface area (TPSA) is 50.2 Å². The number of hydrogen-bond acceptors (Lipinski definition) is 3. The van der Waals surface area contributed by atoms with E-state index in [1.807, 2.05) is 11.5 Å². The fourth-order valence-electron chi connectivity index (χ4n) is 3.46. The zero-order chi connectivity index (χ0) is 17.1. The molecule has 2 aliphatic rings. The molecule has 1 saturated heterocycles. The lowest BCUT2D eigenvalue weighted by molar-refractivity contribution is -0.0223. The summed E-state index contributed by atoms with van der Waals surface area (Å²) in [6.07, 6.45) is -0.464. The van der Waals surface area contributed by atoms with Gasteiger partial charge in [0.15, 0.2) is 0 Å². The predicted octanol–water partition coefficient (Wildman–Crippen LogP) is 2.54. The number of hydrogen-bond donors (Lipinski definition) is 1. The first-order chi connectivity index (χ1) is 11.3. The van der Waals surface area contributed by atoms with Crippen LogP contribution in [0.25, 0.3) is 11.0 Å². The van der Waals surface area contributed by atoms with Crippen LogP contribution >= 0.6 is 0 Å². The molecule has 128 valence electrons. The molecule has 0 spiro atoms. The molecule has 0 radical (unpaired) electrons. The van der Waals surface area contributed by atoms with Crippen LogP contribution in [0.3, 0.4) is 0 Å². The van der Waals surface area contributed by atoms with E-state index in [1.165, 1.54) is 12.1 Å². The van der Waals surface area contributed by atoms with Crippen LogP contribution < -0.4 is 10.2 Å². The summed E-state index contributed by atoms with van der Waals surface area (Å²) < 4.78 is 42.6. The lowest BCUT2D eigenvalue weighted by Gasteiger charge is -2.33. The van der Waals surface area contributed by atoms with Crippen LogP contribution in [0.5, 0.6) is 0 Å². The molecule has 2 aliphatic heterocycles. The van der Waals surface area contributed by atoms with Crippen molar-refractivity contribution in [2.75, 3.05) is 18.0 Å². The molecule has 0 bridgehead atoms. The maximum Gasteiger partial charge on any atom is 0.253 e. The van der Waals surface area contributed by atoms with Crippen LogP contribution in [0.15, 0.2) is 12.1 Å². The summed E-state index contributed by atoms with van der Waals surface area (Å²) in [5, 5.41) is 2.81. The average Bonchev–Trinajstić information content (AvgIpc) is 2.78. The van der Waals surface area contributed by atoms with E-state index in [-0.39, 0.29) is 43.4 Å². The molecule has 1 fully saturated rings. The number of anilines is 1. The number of aromatic nitrogens is 2.